The molecular weight excluding hydrogens is 322 g/mol. The number of ether oxygens (including phenoxy) is 1. The second-order valence-corrected chi connectivity index (χ2v) is 6.04. The van der Waals surface area contributed by atoms with Crippen molar-refractivity contribution in [3.8, 4) is 0 Å². The zero-order valence-electron chi connectivity index (χ0n) is 15.5. The summed E-state index contributed by atoms with van der Waals surface area (Å²) < 4.78 is 5.35. The average molecular weight is 356 g/mol. The number of rotatable bonds is 12. The molecule has 3 nitrogen and oxygen atoms in total. The molecule has 1 aromatic rings. The van der Waals surface area contributed by atoms with Crippen molar-refractivity contribution in [2.75, 3.05) is 19.7 Å². The van der Waals surface area contributed by atoms with Gasteiger partial charge in [0.05, 0.1) is 6.61 Å². The predicted molar refractivity (Wildman–Crippen MR) is 104 cm³/mol. The highest BCUT2D eigenvalue weighted by Gasteiger charge is 2.26. The first-order valence-electron chi connectivity index (χ1n) is 9.17. The van der Waals surface area contributed by atoms with Crippen LogP contribution in [0, 0.1) is 0 Å². The topological polar surface area (TPSA) is 29.5 Å². The summed E-state index contributed by atoms with van der Waals surface area (Å²) in [6.07, 6.45) is 6.30. The van der Waals surface area contributed by atoms with Crippen LogP contribution in [0.15, 0.2) is 30.3 Å². The lowest BCUT2D eigenvalue weighted by Crippen LogP contribution is -2.43. The molecule has 0 aromatic heterocycles. The standard InChI is InChI=1S/C20H33NO2.ClH/c1-4-7-16-21(17-8-5-2)19(20(22)23-6-3)15-14-18-12-10-9-11-13-18;/h9-13,19H,4-8,14-17H2,1-3H3;1H. The predicted octanol–water partition coefficient (Wildman–Crippen LogP) is 4.87. The Labute approximate surface area is 154 Å². The Bertz CT molecular complexity index is 417. The van der Waals surface area contributed by atoms with Crippen molar-refractivity contribution in [3.05, 3.63) is 35.9 Å². The molecule has 0 radical (unpaired) electrons. The third-order valence-electron chi connectivity index (χ3n) is 4.15. The van der Waals surface area contributed by atoms with Crippen LogP contribution in [0.1, 0.15) is 58.4 Å². The Morgan fingerprint density at radius 3 is 2.12 bits per heavy atom. The Morgan fingerprint density at radius 2 is 1.62 bits per heavy atom. The van der Waals surface area contributed by atoms with E-state index in [1.165, 1.54) is 5.56 Å². The third-order valence-corrected chi connectivity index (χ3v) is 4.15. The molecule has 1 rings (SSSR count). The summed E-state index contributed by atoms with van der Waals surface area (Å²) in [5.41, 5.74) is 1.28. The molecule has 0 saturated carbocycles. The van der Waals surface area contributed by atoms with E-state index in [0.717, 1.165) is 51.6 Å². The van der Waals surface area contributed by atoms with Crippen LogP contribution >= 0.6 is 12.4 Å². The van der Waals surface area contributed by atoms with E-state index in [0.29, 0.717) is 6.61 Å². The first-order valence-corrected chi connectivity index (χ1v) is 9.17. The zero-order valence-corrected chi connectivity index (χ0v) is 16.3. The molecule has 0 amide bonds. The van der Waals surface area contributed by atoms with Crippen molar-refractivity contribution in [1.82, 2.24) is 4.90 Å². The van der Waals surface area contributed by atoms with Crippen LogP contribution in [0.25, 0.3) is 0 Å². The molecule has 0 fully saturated rings. The van der Waals surface area contributed by atoms with Crippen LogP contribution in [-0.2, 0) is 16.0 Å². The second-order valence-electron chi connectivity index (χ2n) is 6.04. The fourth-order valence-corrected chi connectivity index (χ4v) is 2.78. The molecule has 4 heteroatoms. The molecular formula is C20H34ClNO2. The molecule has 0 aliphatic rings. The number of aryl methyl sites for hydroxylation is 1. The molecule has 1 aromatic carbocycles. The molecule has 24 heavy (non-hydrogen) atoms. The zero-order chi connectivity index (χ0) is 16.9. The first-order chi connectivity index (χ1) is 11.2. The summed E-state index contributed by atoms with van der Waals surface area (Å²) in [6, 6.07) is 10.3. The van der Waals surface area contributed by atoms with Gasteiger partial charge in [-0.25, -0.2) is 0 Å². The van der Waals surface area contributed by atoms with Crippen LogP contribution in [0.2, 0.25) is 0 Å². The Balaban J connectivity index is 0.00000529. The van der Waals surface area contributed by atoms with Gasteiger partial charge in [0.25, 0.3) is 0 Å². The molecule has 1 unspecified atom stereocenters. The van der Waals surface area contributed by atoms with E-state index in [4.69, 9.17) is 4.74 Å². The summed E-state index contributed by atoms with van der Waals surface area (Å²) in [7, 11) is 0. The number of hydrogen-bond acceptors (Lipinski definition) is 3. The molecule has 0 saturated heterocycles. The normalized spacial score (nSPS) is 11.8. The molecule has 0 spiro atoms. The Kier molecular flexibility index (Phi) is 13.7. The lowest BCUT2D eigenvalue weighted by Gasteiger charge is -2.30. The van der Waals surface area contributed by atoms with Gasteiger partial charge in [-0.3, -0.25) is 9.69 Å². The number of hydrogen-bond donors (Lipinski definition) is 0. The van der Waals surface area contributed by atoms with Crippen LogP contribution in [0.3, 0.4) is 0 Å². The van der Waals surface area contributed by atoms with E-state index in [1.54, 1.807) is 0 Å². The SMILES string of the molecule is CCCCN(CCCC)C(CCc1ccccc1)C(=O)OCC.Cl. The van der Waals surface area contributed by atoms with Gasteiger partial charge in [0.1, 0.15) is 6.04 Å². The van der Waals surface area contributed by atoms with Crippen molar-refractivity contribution >= 4 is 18.4 Å². The van der Waals surface area contributed by atoms with Gasteiger partial charge in [0.2, 0.25) is 0 Å². The van der Waals surface area contributed by atoms with E-state index in [-0.39, 0.29) is 24.4 Å². The van der Waals surface area contributed by atoms with Gasteiger partial charge in [0.15, 0.2) is 0 Å². The first kappa shape index (κ1) is 22.9. The summed E-state index contributed by atoms with van der Waals surface area (Å²) in [4.78, 5) is 14.8. The molecule has 0 N–H and O–H groups in total. The number of esters is 1. The van der Waals surface area contributed by atoms with Crippen LogP contribution in [-0.4, -0.2) is 36.6 Å². The maximum atomic E-state index is 12.5. The van der Waals surface area contributed by atoms with Crippen LogP contribution in [0.4, 0.5) is 0 Å². The minimum Gasteiger partial charge on any atom is -0.465 e. The number of halogens is 1. The summed E-state index contributed by atoms with van der Waals surface area (Å²) in [6.45, 7) is 8.69. The van der Waals surface area contributed by atoms with Gasteiger partial charge >= 0.3 is 5.97 Å². The van der Waals surface area contributed by atoms with Crippen LogP contribution < -0.4 is 0 Å². The van der Waals surface area contributed by atoms with Crippen molar-refractivity contribution in [3.63, 3.8) is 0 Å². The molecule has 1 atom stereocenters. The summed E-state index contributed by atoms with van der Waals surface area (Å²) in [5.74, 6) is -0.0596. The maximum absolute atomic E-state index is 12.5. The Morgan fingerprint density at radius 1 is 1.04 bits per heavy atom. The van der Waals surface area contributed by atoms with Gasteiger partial charge in [-0.15, -0.1) is 12.4 Å². The summed E-state index contributed by atoms with van der Waals surface area (Å²) >= 11 is 0. The van der Waals surface area contributed by atoms with Gasteiger partial charge in [-0.2, -0.15) is 0 Å². The minimum absolute atomic E-state index is 0. The van der Waals surface area contributed by atoms with Gasteiger partial charge in [-0.1, -0.05) is 57.0 Å². The highest BCUT2D eigenvalue weighted by molar-refractivity contribution is 5.85. The highest BCUT2D eigenvalue weighted by atomic mass is 35.5. The van der Waals surface area contributed by atoms with E-state index >= 15 is 0 Å². The van der Waals surface area contributed by atoms with Crippen molar-refractivity contribution in [2.45, 2.75) is 65.3 Å². The smallest absolute Gasteiger partial charge is 0.323 e. The number of nitrogens with zero attached hydrogens (tertiary/aromatic N) is 1. The number of carbonyl (C=O) groups is 1. The van der Waals surface area contributed by atoms with Gasteiger partial charge in [0, 0.05) is 0 Å². The van der Waals surface area contributed by atoms with E-state index < -0.39 is 0 Å². The highest BCUT2D eigenvalue weighted by Crippen LogP contribution is 2.14. The quantitative estimate of drug-likeness (QED) is 0.501. The molecule has 0 aliphatic carbocycles. The molecule has 0 bridgehead atoms. The largest absolute Gasteiger partial charge is 0.465 e. The van der Waals surface area contributed by atoms with E-state index in [2.05, 4.69) is 43.0 Å². The number of unbranched alkanes of at least 4 members (excludes halogenated alkanes) is 2. The second kappa shape index (κ2) is 14.3. The lowest BCUT2D eigenvalue weighted by atomic mass is 10.0. The molecule has 0 aliphatic heterocycles. The number of benzene rings is 1. The third kappa shape index (κ3) is 8.70. The van der Waals surface area contributed by atoms with E-state index in [9.17, 15) is 4.79 Å². The van der Waals surface area contributed by atoms with Crippen LogP contribution in [0.5, 0.6) is 0 Å². The molecule has 138 valence electrons. The minimum atomic E-state index is -0.117. The fourth-order valence-electron chi connectivity index (χ4n) is 2.78. The average Bonchev–Trinajstić information content (AvgIpc) is 2.57. The summed E-state index contributed by atoms with van der Waals surface area (Å²) in [5, 5.41) is 0. The Hall–Kier alpha value is -1.06. The van der Waals surface area contributed by atoms with Crippen molar-refractivity contribution in [1.29, 1.82) is 0 Å². The monoisotopic (exact) mass is 355 g/mol. The maximum Gasteiger partial charge on any atom is 0.323 e. The fraction of sp³-hybridized carbons (Fsp3) is 0.650. The van der Waals surface area contributed by atoms with Gasteiger partial charge < -0.3 is 4.74 Å². The number of carbonyl (C=O) groups excluding carboxylic acids is 1. The van der Waals surface area contributed by atoms with Gasteiger partial charge in [-0.05, 0) is 51.3 Å². The van der Waals surface area contributed by atoms with Crippen molar-refractivity contribution in [2.24, 2.45) is 0 Å². The lowest BCUT2D eigenvalue weighted by molar-refractivity contribution is -0.150. The van der Waals surface area contributed by atoms with E-state index in [1.807, 2.05) is 13.0 Å². The van der Waals surface area contributed by atoms with Crippen molar-refractivity contribution < 1.29 is 9.53 Å². The molecule has 0 heterocycles.